The summed E-state index contributed by atoms with van der Waals surface area (Å²) in [5.41, 5.74) is 3.82. The Balaban J connectivity index is 2.06. The molecule has 3 rings (SSSR count). The van der Waals surface area contributed by atoms with Gasteiger partial charge in [0.1, 0.15) is 0 Å². The molecule has 2 aromatic rings. The zero-order valence-corrected chi connectivity index (χ0v) is 12.9. The predicted octanol–water partition coefficient (Wildman–Crippen LogP) is 5.29. The molecule has 0 amide bonds. The van der Waals surface area contributed by atoms with Crippen molar-refractivity contribution < 1.29 is 4.79 Å². The second-order valence-electron chi connectivity index (χ2n) is 6.16. The topological polar surface area (TPSA) is 17.1 Å². The van der Waals surface area contributed by atoms with Crippen molar-refractivity contribution >= 4 is 23.5 Å². The molecule has 0 spiro atoms. The second kappa shape index (κ2) is 5.16. The van der Waals surface area contributed by atoms with E-state index in [2.05, 4.69) is 19.9 Å². The molecule has 0 aliphatic heterocycles. The highest BCUT2D eigenvalue weighted by atomic mass is 35.5. The van der Waals surface area contributed by atoms with Crippen LogP contribution in [0.2, 0.25) is 5.02 Å². The summed E-state index contributed by atoms with van der Waals surface area (Å²) in [7, 11) is 0. The van der Waals surface area contributed by atoms with Crippen LogP contribution >= 0.6 is 11.6 Å². The largest absolute Gasteiger partial charge is 0.289 e. The van der Waals surface area contributed by atoms with Gasteiger partial charge in [-0.15, -0.1) is 0 Å². The van der Waals surface area contributed by atoms with Crippen LogP contribution in [-0.2, 0) is 5.41 Å². The molecule has 0 unspecified atom stereocenters. The number of rotatable bonds is 1. The van der Waals surface area contributed by atoms with E-state index in [0.717, 1.165) is 28.7 Å². The van der Waals surface area contributed by atoms with E-state index in [9.17, 15) is 4.79 Å². The molecule has 0 aromatic heterocycles. The fourth-order valence-corrected chi connectivity index (χ4v) is 3.10. The highest BCUT2D eigenvalue weighted by Crippen LogP contribution is 2.39. The number of carbonyl (C=O) groups is 1. The number of carbonyl (C=O) groups excluding carboxylic acids is 1. The lowest BCUT2D eigenvalue weighted by Crippen LogP contribution is -2.29. The maximum Gasteiger partial charge on any atom is 0.189 e. The van der Waals surface area contributed by atoms with E-state index in [1.54, 1.807) is 0 Å². The summed E-state index contributed by atoms with van der Waals surface area (Å²) in [6, 6.07) is 15.5. The van der Waals surface area contributed by atoms with Crippen LogP contribution in [0.1, 0.15) is 41.8 Å². The van der Waals surface area contributed by atoms with Crippen molar-refractivity contribution in [2.75, 3.05) is 0 Å². The van der Waals surface area contributed by atoms with Gasteiger partial charge in [-0.1, -0.05) is 61.8 Å². The van der Waals surface area contributed by atoms with Gasteiger partial charge in [0.05, 0.1) is 0 Å². The molecule has 106 valence electrons. The number of halogens is 1. The Bertz CT molecular complexity index is 723. The summed E-state index contributed by atoms with van der Waals surface area (Å²) >= 11 is 5.91. The fraction of sp³-hybridized carbons (Fsp3) is 0.211. The molecule has 1 aliphatic rings. The van der Waals surface area contributed by atoms with Crippen LogP contribution in [0.25, 0.3) is 6.08 Å². The lowest BCUT2D eigenvalue weighted by molar-refractivity contribution is 0.101. The first-order valence-corrected chi connectivity index (χ1v) is 7.45. The summed E-state index contributed by atoms with van der Waals surface area (Å²) in [5.74, 6) is 0.139. The van der Waals surface area contributed by atoms with Crippen molar-refractivity contribution in [2.24, 2.45) is 0 Å². The van der Waals surface area contributed by atoms with Crippen LogP contribution in [0.4, 0.5) is 0 Å². The molecule has 1 aliphatic carbocycles. The molecule has 0 N–H and O–H groups in total. The molecule has 0 fully saturated rings. The number of hydrogen-bond donors (Lipinski definition) is 0. The van der Waals surface area contributed by atoms with E-state index in [4.69, 9.17) is 11.6 Å². The lowest BCUT2D eigenvalue weighted by atomic mass is 9.70. The molecule has 0 saturated heterocycles. The van der Waals surface area contributed by atoms with Gasteiger partial charge in [0.25, 0.3) is 0 Å². The van der Waals surface area contributed by atoms with E-state index >= 15 is 0 Å². The van der Waals surface area contributed by atoms with Crippen LogP contribution < -0.4 is 0 Å². The standard InChI is InChI=1S/C19H17ClO/c1-19(2)12-14(11-13-7-9-15(20)10-8-13)18(21)16-5-3-4-6-17(16)19/h3-11H,12H2,1-2H3. The summed E-state index contributed by atoms with van der Waals surface area (Å²) in [4.78, 5) is 12.7. The Kier molecular flexibility index (Phi) is 3.46. The van der Waals surface area contributed by atoms with Crippen molar-refractivity contribution in [3.05, 3.63) is 75.8 Å². The third-order valence-electron chi connectivity index (χ3n) is 4.04. The van der Waals surface area contributed by atoms with Crippen LogP contribution in [0.5, 0.6) is 0 Å². The third-order valence-corrected chi connectivity index (χ3v) is 4.29. The zero-order valence-electron chi connectivity index (χ0n) is 12.2. The minimum absolute atomic E-state index is 0.0250. The molecule has 0 saturated carbocycles. The summed E-state index contributed by atoms with van der Waals surface area (Å²) < 4.78 is 0. The van der Waals surface area contributed by atoms with E-state index < -0.39 is 0 Å². The number of fused-ring (bicyclic) bond motifs is 1. The first-order chi connectivity index (χ1) is 9.97. The summed E-state index contributed by atoms with van der Waals surface area (Å²) in [5, 5.41) is 0.706. The van der Waals surface area contributed by atoms with Gasteiger partial charge >= 0.3 is 0 Å². The number of hydrogen-bond acceptors (Lipinski definition) is 1. The van der Waals surface area contributed by atoms with Gasteiger partial charge in [0.2, 0.25) is 0 Å². The van der Waals surface area contributed by atoms with E-state index in [1.165, 1.54) is 0 Å². The van der Waals surface area contributed by atoms with Gasteiger partial charge in [-0.05, 0) is 41.2 Å². The molecule has 1 nitrogen and oxygen atoms in total. The highest BCUT2D eigenvalue weighted by Gasteiger charge is 2.34. The van der Waals surface area contributed by atoms with Crippen LogP contribution in [0.3, 0.4) is 0 Å². The van der Waals surface area contributed by atoms with Gasteiger partial charge in [0.15, 0.2) is 5.78 Å². The Labute approximate surface area is 130 Å². The molecule has 0 radical (unpaired) electrons. The first-order valence-electron chi connectivity index (χ1n) is 7.08. The molecular formula is C19H17ClO. The van der Waals surface area contributed by atoms with Gasteiger partial charge < -0.3 is 0 Å². The number of allylic oxidation sites excluding steroid dienone is 1. The molecule has 0 atom stereocenters. The number of benzene rings is 2. The van der Waals surface area contributed by atoms with Gasteiger partial charge in [-0.2, -0.15) is 0 Å². The monoisotopic (exact) mass is 296 g/mol. The normalized spacial score (nSPS) is 18.6. The minimum Gasteiger partial charge on any atom is -0.289 e. The van der Waals surface area contributed by atoms with Gasteiger partial charge in [0, 0.05) is 16.2 Å². The maximum atomic E-state index is 12.7. The quantitative estimate of drug-likeness (QED) is 0.654. The Morgan fingerprint density at radius 1 is 1.05 bits per heavy atom. The van der Waals surface area contributed by atoms with E-state index in [1.807, 2.05) is 48.5 Å². The van der Waals surface area contributed by atoms with Crippen molar-refractivity contribution in [1.29, 1.82) is 0 Å². The SMILES string of the molecule is CC1(C)CC(=Cc2ccc(Cl)cc2)C(=O)c2ccccc21. The van der Waals surface area contributed by atoms with Crippen molar-refractivity contribution in [1.82, 2.24) is 0 Å². The summed E-state index contributed by atoms with van der Waals surface area (Å²) in [6.45, 7) is 4.38. The van der Waals surface area contributed by atoms with Crippen molar-refractivity contribution in [2.45, 2.75) is 25.7 Å². The molecule has 0 heterocycles. The van der Waals surface area contributed by atoms with Crippen molar-refractivity contribution in [3.63, 3.8) is 0 Å². The van der Waals surface area contributed by atoms with Gasteiger partial charge in [-0.3, -0.25) is 4.79 Å². The summed E-state index contributed by atoms with van der Waals surface area (Å²) in [6.07, 6.45) is 2.74. The molecule has 2 heteroatoms. The number of ketones is 1. The number of Topliss-reactive ketones (excluding diaryl/α,β-unsaturated/α-hetero) is 1. The Hall–Kier alpha value is -1.86. The van der Waals surface area contributed by atoms with Crippen LogP contribution in [0.15, 0.2) is 54.1 Å². The molecule has 21 heavy (non-hydrogen) atoms. The average Bonchev–Trinajstić information content (AvgIpc) is 2.47. The maximum absolute atomic E-state index is 12.7. The smallest absolute Gasteiger partial charge is 0.189 e. The second-order valence-corrected chi connectivity index (χ2v) is 6.59. The molecular weight excluding hydrogens is 280 g/mol. The van der Waals surface area contributed by atoms with Crippen LogP contribution in [0, 0.1) is 0 Å². The Morgan fingerprint density at radius 2 is 1.71 bits per heavy atom. The first kappa shape index (κ1) is 14.1. The highest BCUT2D eigenvalue weighted by molar-refractivity contribution is 6.30. The Morgan fingerprint density at radius 3 is 2.43 bits per heavy atom. The van der Waals surface area contributed by atoms with Crippen LogP contribution in [-0.4, -0.2) is 5.78 Å². The van der Waals surface area contributed by atoms with Crippen molar-refractivity contribution in [3.8, 4) is 0 Å². The molecule has 2 aromatic carbocycles. The van der Waals surface area contributed by atoms with E-state index in [-0.39, 0.29) is 11.2 Å². The fourth-order valence-electron chi connectivity index (χ4n) is 2.97. The lowest BCUT2D eigenvalue weighted by Gasteiger charge is -2.33. The average molecular weight is 297 g/mol. The zero-order chi connectivity index (χ0) is 15.0. The third kappa shape index (κ3) is 2.66. The predicted molar refractivity (Wildman–Crippen MR) is 87.8 cm³/mol. The van der Waals surface area contributed by atoms with E-state index in [0.29, 0.717) is 5.02 Å². The van der Waals surface area contributed by atoms with Gasteiger partial charge in [-0.25, -0.2) is 0 Å². The minimum atomic E-state index is -0.0250. The molecule has 0 bridgehead atoms.